The molecule has 0 aromatic rings. The number of nitrogens with one attached hydrogen (secondary N) is 1. The zero-order chi connectivity index (χ0) is 11.0. The molecule has 0 spiro atoms. The summed E-state index contributed by atoms with van der Waals surface area (Å²) in [5.41, 5.74) is 0. The molecule has 0 fully saturated rings. The maximum absolute atomic E-state index is 10.5. The van der Waals surface area contributed by atoms with E-state index in [9.17, 15) is 4.79 Å². The molecule has 4 heteroatoms. The van der Waals surface area contributed by atoms with Gasteiger partial charge in [0.15, 0.2) is 0 Å². The number of aliphatic carboxylic acids is 1. The third-order valence-corrected chi connectivity index (χ3v) is 2.24. The number of carbonyl (C=O) groups is 1. The van der Waals surface area contributed by atoms with Crippen LogP contribution >= 0.6 is 0 Å². The number of hydrogen-bond acceptors (Lipinski definition) is 3. The zero-order valence-electron chi connectivity index (χ0n) is 9.42. The quantitative estimate of drug-likeness (QED) is 0.611. The molecule has 0 amide bonds. The van der Waals surface area contributed by atoms with E-state index in [1.807, 2.05) is 0 Å². The first-order chi connectivity index (χ1) is 6.61. The van der Waals surface area contributed by atoms with E-state index in [2.05, 4.69) is 24.1 Å². The Bertz CT molecular complexity index is 162. The normalized spacial score (nSPS) is 13.1. The van der Waals surface area contributed by atoms with Crippen molar-refractivity contribution in [3.05, 3.63) is 0 Å². The Morgan fingerprint density at radius 3 is 2.50 bits per heavy atom. The van der Waals surface area contributed by atoms with Crippen LogP contribution in [-0.2, 0) is 4.79 Å². The van der Waals surface area contributed by atoms with E-state index in [0.29, 0.717) is 0 Å². The number of rotatable bonds is 8. The molecule has 0 saturated heterocycles. The first-order valence-corrected chi connectivity index (χ1v) is 5.30. The van der Waals surface area contributed by atoms with E-state index < -0.39 is 12.0 Å². The molecule has 1 atom stereocenters. The molecular weight excluding hydrogens is 180 g/mol. The van der Waals surface area contributed by atoms with Gasteiger partial charge in [-0.15, -0.1) is 0 Å². The maximum atomic E-state index is 10.5. The first-order valence-electron chi connectivity index (χ1n) is 5.30. The number of hydrogen-bond donors (Lipinski definition) is 2. The van der Waals surface area contributed by atoms with Crippen molar-refractivity contribution in [3.8, 4) is 0 Å². The minimum Gasteiger partial charge on any atom is -0.480 e. The van der Waals surface area contributed by atoms with Gasteiger partial charge in [0, 0.05) is 13.1 Å². The van der Waals surface area contributed by atoms with Crippen molar-refractivity contribution in [1.82, 2.24) is 10.2 Å². The van der Waals surface area contributed by atoms with E-state index in [1.165, 1.54) is 0 Å². The molecule has 1 unspecified atom stereocenters. The molecule has 84 valence electrons. The summed E-state index contributed by atoms with van der Waals surface area (Å²) in [6, 6.07) is -0.449. The topological polar surface area (TPSA) is 52.6 Å². The highest BCUT2D eigenvalue weighted by Crippen LogP contribution is 1.89. The van der Waals surface area contributed by atoms with Crippen molar-refractivity contribution in [2.75, 3.05) is 26.2 Å². The maximum Gasteiger partial charge on any atom is 0.320 e. The molecule has 0 radical (unpaired) electrons. The molecule has 0 aromatic carbocycles. The third-order valence-electron chi connectivity index (χ3n) is 2.24. The molecule has 4 nitrogen and oxygen atoms in total. The van der Waals surface area contributed by atoms with Gasteiger partial charge in [-0.05, 0) is 26.4 Å². The fourth-order valence-corrected chi connectivity index (χ4v) is 1.27. The fraction of sp³-hybridized carbons (Fsp3) is 0.900. The molecular formula is C10H22N2O2. The minimum atomic E-state index is -0.788. The van der Waals surface area contributed by atoms with Crippen LogP contribution in [0.1, 0.15) is 27.2 Å². The Morgan fingerprint density at radius 2 is 2.07 bits per heavy atom. The fourth-order valence-electron chi connectivity index (χ4n) is 1.27. The SMILES string of the molecule is CCCN(CC)CCNC(C)C(=O)O. The Morgan fingerprint density at radius 1 is 1.43 bits per heavy atom. The zero-order valence-corrected chi connectivity index (χ0v) is 9.42. The highest BCUT2D eigenvalue weighted by molar-refractivity contribution is 5.72. The first kappa shape index (κ1) is 13.4. The Balaban J connectivity index is 3.55. The summed E-state index contributed by atoms with van der Waals surface area (Å²) >= 11 is 0. The van der Waals surface area contributed by atoms with Gasteiger partial charge < -0.3 is 15.3 Å². The van der Waals surface area contributed by atoms with Crippen molar-refractivity contribution < 1.29 is 9.90 Å². The molecule has 0 bridgehead atoms. The van der Waals surface area contributed by atoms with Crippen molar-refractivity contribution in [2.24, 2.45) is 0 Å². The van der Waals surface area contributed by atoms with Crippen LogP contribution in [0.15, 0.2) is 0 Å². The summed E-state index contributed by atoms with van der Waals surface area (Å²) in [4.78, 5) is 12.8. The highest BCUT2D eigenvalue weighted by atomic mass is 16.4. The average Bonchev–Trinajstić information content (AvgIpc) is 2.16. The summed E-state index contributed by atoms with van der Waals surface area (Å²) in [6.45, 7) is 9.70. The standard InChI is InChI=1S/C10H22N2O2/c1-4-7-12(5-2)8-6-11-9(3)10(13)14/h9,11H,4-8H2,1-3H3,(H,13,14). The van der Waals surface area contributed by atoms with Gasteiger partial charge in [0.25, 0.3) is 0 Å². The minimum absolute atomic E-state index is 0.449. The molecule has 0 saturated carbocycles. The lowest BCUT2D eigenvalue weighted by atomic mass is 10.3. The van der Waals surface area contributed by atoms with Gasteiger partial charge in [-0.25, -0.2) is 0 Å². The van der Waals surface area contributed by atoms with Crippen LogP contribution in [0.25, 0.3) is 0 Å². The summed E-state index contributed by atoms with van der Waals surface area (Å²) < 4.78 is 0. The summed E-state index contributed by atoms with van der Waals surface area (Å²) in [6.07, 6.45) is 1.14. The van der Waals surface area contributed by atoms with Gasteiger partial charge >= 0.3 is 5.97 Å². The van der Waals surface area contributed by atoms with Gasteiger partial charge in [-0.1, -0.05) is 13.8 Å². The molecule has 0 rings (SSSR count). The van der Waals surface area contributed by atoms with Crippen LogP contribution in [0, 0.1) is 0 Å². The van der Waals surface area contributed by atoms with Gasteiger partial charge in [-0.2, -0.15) is 0 Å². The van der Waals surface area contributed by atoms with E-state index in [0.717, 1.165) is 32.6 Å². The third kappa shape index (κ3) is 5.94. The summed E-state index contributed by atoms with van der Waals surface area (Å²) in [5.74, 6) is -0.788. The lowest BCUT2D eigenvalue weighted by molar-refractivity contribution is -0.139. The molecule has 0 aromatic heterocycles. The predicted molar refractivity (Wildman–Crippen MR) is 57.5 cm³/mol. The number of likely N-dealkylation sites (N-methyl/N-ethyl adjacent to an activating group) is 1. The van der Waals surface area contributed by atoms with Crippen molar-refractivity contribution >= 4 is 5.97 Å². The van der Waals surface area contributed by atoms with Crippen LogP contribution < -0.4 is 5.32 Å². The number of carboxylic acid groups (broad SMARTS) is 1. The second-order valence-corrected chi connectivity index (χ2v) is 3.45. The second kappa shape index (κ2) is 7.76. The highest BCUT2D eigenvalue weighted by Gasteiger charge is 2.09. The molecule has 0 aliphatic rings. The predicted octanol–water partition coefficient (Wildman–Crippen LogP) is 0.781. The van der Waals surface area contributed by atoms with Gasteiger partial charge in [-0.3, -0.25) is 4.79 Å². The monoisotopic (exact) mass is 202 g/mol. The van der Waals surface area contributed by atoms with Crippen LogP contribution in [0.2, 0.25) is 0 Å². The Hall–Kier alpha value is -0.610. The largest absolute Gasteiger partial charge is 0.480 e. The van der Waals surface area contributed by atoms with Crippen LogP contribution in [0.5, 0.6) is 0 Å². The summed E-state index contributed by atoms with van der Waals surface area (Å²) in [5, 5.41) is 11.6. The van der Waals surface area contributed by atoms with E-state index in [1.54, 1.807) is 6.92 Å². The molecule has 2 N–H and O–H groups in total. The van der Waals surface area contributed by atoms with Crippen molar-refractivity contribution in [3.63, 3.8) is 0 Å². The molecule has 14 heavy (non-hydrogen) atoms. The van der Waals surface area contributed by atoms with E-state index in [-0.39, 0.29) is 0 Å². The van der Waals surface area contributed by atoms with Crippen LogP contribution in [-0.4, -0.2) is 48.2 Å². The van der Waals surface area contributed by atoms with Crippen molar-refractivity contribution in [2.45, 2.75) is 33.2 Å². The van der Waals surface area contributed by atoms with Gasteiger partial charge in [0.2, 0.25) is 0 Å². The lowest BCUT2D eigenvalue weighted by Gasteiger charge is -2.20. The van der Waals surface area contributed by atoms with E-state index in [4.69, 9.17) is 5.11 Å². The lowest BCUT2D eigenvalue weighted by Crippen LogP contribution is -2.39. The second-order valence-electron chi connectivity index (χ2n) is 3.45. The molecule has 0 aliphatic heterocycles. The number of carboxylic acids is 1. The van der Waals surface area contributed by atoms with Gasteiger partial charge in [0.05, 0.1) is 0 Å². The smallest absolute Gasteiger partial charge is 0.320 e. The van der Waals surface area contributed by atoms with E-state index >= 15 is 0 Å². The average molecular weight is 202 g/mol. The van der Waals surface area contributed by atoms with Gasteiger partial charge in [0.1, 0.15) is 6.04 Å². The Labute approximate surface area is 86.3 Å². The number of nitrogens with zero attached hydrogens (tertiary/aromatic N) is 1. The molecule has 0 heterocycles. The van der Waals surface area contributed by atoms with Crippen LogP contribution in [0.3, 0.4) is 0 Å². The Kier molecular flexibility index (Phi) is 7.42. The van der Waals surface area contributed by atoms with Crippen molar-refractivity contribution in [1.29, 1.82) is 0 Å². The summed E-state index contributed by atoms with van der Waals surface area (Å²) in [7, 11) is 0. The molecule has 0 aliphatic carbocycles. The van der Waals surface area contributed by atoms with Crippen LogP contribution in [0.4, 0.5) is 0 Å².